The first kappa shape index (κ1) is 62.3. The van der Waals surface area contributed by atoms with Crippen LogP contribution in [0.25, 0.3) is 16.9 Å². The van der Waals surface area contributed by atoms with Gasteiger partial charge in [0.2, 0.25) is 11.4 Å². The molecule has 1 heterocycles. The van der Waals surface area contributed by atoms with Crippen LogP contribution < -0.4 is 0 Å². The Kier molecular flexibility index (Phi) is 37.3. The van der Waals surface area contributed by atoms with Gasteiger partial charge in [0, 0.05) is 22.3 Å². The summed E-state index contributed by atoms with van der Waals surface area (Å²) in [6.07, 6.45) is 48.4. The van der Waals surface area contributed by atoms with Gasteiger partial charge in [-0.15, -0.1) is 0 Å². The van der Waals surface area contributed by atoms with Gasteiger partial charge in [-0.1, -0.05) is 182 Å². The molecule has 0 aliphatic carbocycles. The number of aryl methyl sites for hydroxylation is 4. The molecule has 1 aliphatic heterocycles. The van der Waals surface area contributed by atoms with E-state index in [1.54, 1.807) is 21.4 Å². The molecule has 3 rings (SSSR count). The molecule has 0 fully saturated rings. The van der Waals surface area contributed by atoms with Crippen molar-refractivity contribution in [3.63, 3.8) is 0 Å². The van der Waals surface area contributed by atoms with E-state index in [2.05, 4.69) is 93.5 Å². The van der Waals surface area contributed by atoms with Crippen molar-refractivity contribution in [2.45, 2.75) is 317 Å². The van der Waals surface area contributed by atoms with E-state index in [0.29, 0.717) is 0 Å². The quantitative estimate of drug-likeness (QED) is 0.0360. The third kappa shape index (κ3) is 24.5. The van der Waals surface area contributed by atoms with E-state index in [1.165, 1.54) is 248 Å². The number of hydrogen-bond donors (Lipinski definition) is 0. The topological polar surface area (TPSA) is 25.3 Å². The van der Waals surface area contributed by atoms with Crippen molar-refractivity contribution in [2.24, 2.45) is 0 Å². The molecule has 0 N–H and O–H groups in total. The molecule has 0 aromatic heterocycles. The summed E-state index contributed by atoms with van der Waals surface area (Å²) in [6.45, 7) is 22.9. The molecule has 1 aliphatic rings. The molecule has 3 heteroatoms. The van der Waals surface area contributed by atoms with Crippen LogP contribution in [0.4, 0.5) is 0 Å². The average Bonchev–Trinajstić information content (AvgIpc) is 3.61. The van der Waals surface area contributed by atoms with Gasteiger partial charge < -0.3 is 5.53 Å². The number of rotatable bonds is 41. The van der Waals surface area contributed by atoms with Gasteiger partial charge in [-0.3, -0.25) is 0 Å². The van der Waals surface area contributed by atoms with Crippen molar-refractivity contribution in [3.05, 3.63) is 85.5 Å². The first-order chi connectivity index (χ1) is 33.2. The van der Waals surface area contributed by atoms with E-state index in [9.17, 15) is 5.53 Å². The minimum atomic E-state index is 1.02. The monoisotopic (exact) mass is 1030 g/mol. The van der Waals surface area contributed by atoms with Crippen LogP contribution in [0.15, 0.2) is 35.4 Å². The van der Waals surface area contributed by atoms with E-state index in [-0.39, 0.29) is 0 Å². The Morgan fingerprint density at radius 3 is 1.06 bits per heavy atom. The molecule has 0 amide bonds. The van der Waals surface area contributed by atoms with Crippen LogP contribution in [0, 0.1) is 20.8 Å². The van der Waals surface area contributed by atoms with E-state index in [4.69, 9.17) is 0 Å². The maximum absolute atomic E-state index is 12.7. The summed E-state index contributed by atoms with van der Waals surface area (Å²) in [5.41, 5.74) is 28.9. The van der Waals surface area contributed by atoms with Gasteiger partial charge in [0.1, 0.15) is 0 Å². The average molecular weight is 1030 g/mol. The van der Waals surface area contributed by atoms with E-state index >= 15 is 0 Å². The molecule has 68 heavy (non-hydrogen) atoms. The van der Waals surface area contributed by atoms with Crippen molar-refractivity contribution in [1.82, 2.24) is 0 Å². The fraction of sp³-hybridized carbons (Fsp3) is 0.754. The number of allylic oxidation sites excluding steroid dienone is 2. The van der Waals surface area contributed by atoms with Crippen LogP contribution >= 0.6 is 0 Å². The molecule has 2 aromatic carbocycles. The molecule has 392 valence electrons. The standard InChI is InChI=1S/C57H94N2.2C4H9.Pd/c1-9-14-19-23-24-25-26-27-28-29-30-31-32-36-41-55-54(39-18-13-5)56(51-42-46(6)48(8)47(7)43-51)59(58)57(55)52-44-49(37-33-20-15-10-2)53(40-35-22-17-12-4)50(45-52)38-34-21-16-11-3;2*1-3-4-2;/h42-45H,9-41H2,1-8H3;2*1,3-4H2,2H3;. The number of unbranched alkanes of at least 4 members (excludes halogenated alkanes) is 25. The van der Waals surface area contributed by atoms with Gasteiger partial charge in [-0.2, -0.15) is 0 Å². The number of hydrogen-bond acceptors (Lipinski definition) is 0. The molecule has 0 saturated carbocycles. The molecule has 0 saturated heterocycles. The van der Waals surface area contributed by atoms with Crippen molar-refractivity contribution in [2.75, 3.05) is 0 Å². The van der Waals surface area contributed by atoms with Crippen LogP contribution in [0.3, 0.4) is 0 Å². The van der Waals surface area contributed by atoms with Gasteiger partial charge in [0.05, 0.1) is 0 Å². The van der Waals surface area contributed by atoms with E-state index in [1.807, 2.05) is 0 Å². The van der Waals surface area contributed by atoms with Gasteiger partial charge in [-0.05, 0) is 143 Å². The van der Waals surface area contributed by atoms with Gasteiger partial charge in [0.15, 0.2) is 0 Å². The fourth-order valence-corrected chi connectivity index (χ4v) is 12.4. The van der Waals surface area contributed by atoms with Crippen LogP contribution in [-0.4, -0.2) is 4.70 Å². The summed E-state index contributed by atoms with van der Waals surface area (Å²) < 4.78 is 1.69. The van der Waals surface area contributed by atoms with Crippen molar-refractivity contribution < 1.29 is 22.7 Å². The second kappa shape index (κ2) is 40.7. The van der Waals surface area contributed by atoms with Gasteiger partial charge >= 0.3 is 67.3 Å². The Morgan fingerprint density at radius 2 is 0.662 bits per heavy atom. The summed E-state index contributed by atoms with van der Waals surface area (Å²) in [5.74, 6) is 0. The first-order valence-corrected chi connectivity index (χ1v) is 32.1. The summed E-state index contributed by atoms with van der Waals surface area (Å²) in [5, 5.41) is 0. The second-order valence-electron chi connectivity index (χ2n) is 21.0. The molecule has 0 atom stereocenters. The minimum absolute atomic E-state index is 1.02. The predicted octanol–water partition coefficient (Wildman–Crippen LogP) is 22.7. The molecule has 2 nitrogen and oxygen atoms in total. The Morgan fingerprint density at radius 1 is 0.353 bits per heavy atom. The molecule has 0 spiro atoms. The number of nitrogens with zero attached hydrogens (tertiary/aromatic N) is 2. The Labute approximate surface area is 433 Å². The summed E-state index contributed by atoms with van der Waals surface area (Å²) in [7, 11) is 0. The van der Waals surface area contributed by atoms with E-state index in [0.717, 1.165) is 67.9 Å². The Balaban J connectivity index is 0.00000159. The zero-order valence-corrected chi connectivity index (χ0v) is 48.7. The van der Waals surface area contributed by atoms with Crippen molar-refractivity contribution in [3.8, 4) is 0 Å². The summed E-state index contributed by atoms with van der Waals surface area (Å²) >= 11 is 1.07. The third-order valence-corrected chi connectivity index (χ3v) is 17.1. The van der Waals surface area contributed by atoms with Gasteiger partial charge in [-0.25, -0.2) is 4.70 Å². The first-order valence-electron chi connectivity index (χ1n) is 29.9. The molecular formula is C65H112N2Pd. The molecular weight excluding hydrogens is 915 g/mol. The summed E-state index contributed by atoms with van der Waals surface area (Å²) in [4.78, 5) is 3.01. The zero-order chi connectivity index (χ0) is 49.6. The zero-order valence-electron chi connectivity index (χ0n) is 47.1. The second-order valence-corrected chi connectivity index (χ2v) is 23.4. The fourth-order valence-electron chi connectivity index (χ4n) is 10.2. The van der Waals surface area contributed by atoms with Crippen molar-refractivity contribution in [1.29, 1.82) is 0 Å². The van der Waals surface area contributed by atoms with Crippen LogP contribution in [0.1, 0.15) is 311 Å². The molecule has 0 unspecified atom stereocenters. The van der Waals surface area contributed by atoms with Crippen LogP contribution in [0.2, 0.25) is 9.79 Å². The van der Waals surface area contributed by atoms with E-state index < -0.39 is 0 Å². The normalized spacial score (nSPS) is 12.8. The Bertz CT molecular complexity index is 1610. The molecule has 0 bridgehead atoms. The van der Waals surface area contributed by atoms with Crippen LogP contribution in [-0.2, 0) is 37.2 Å². The summed E-state index contributed by atoms with van der Waals surface area (Å²) in [6, 6.07) is 9.81. The van der Waals surface area contributed by atoms with Crippen LogP contribution in [0.5, 0.6) is 0 Å². The molecule has 0 radical (unpaired) electrons. The third-order valence-electron chi connectivity index (χ3n) is 14.9. The number of benzene rings is 2. The Hall–Kier alpha value is -1.82. The molecule has 2 aromatic rings. The SMILES string of the molecule is CCCCCCCCCCCCCCCCC1=C(c2cc(CCCCCC)c(CCCCCC)c(CCCCCC)c2)[N+](=[N-])C(c2cc(C)c(C)c(C)c2)=C1CCCC.CCC[CH2][Pd][CH2]CCC. The predicted molar refractivity (Wildman–Crippen MR) is 302 cm³/mol. The van der Waals surface area contributed by atoms with Gasteiger partial charge in [0.25, 0.3) is 0 Å². The van der Waals surface area contributed by atoms with Crippen molar-refractivity contribution >= 4 is 11.4 Å². The maximum atomic E-state index is 12.7.